The summed E-state index contributed by atoms with van der Waals surface area (Å²) in [6, 6.07) is 1.33. The number of carbonyl (C=O) groups is 2. The minimum absolute atomic E-state index is 0.0916. The smallest absolute Gasteiger partial charge is 0.305 e. The Morgan fingerprint density at radius 2 is 2.35 bits per heavy atom. The van der Waals surface area contributed by atoms with Crippen LogP contribution in [0.5, 0.6) is 0 Å². The summed E-state index contributed by atoms with van der Waals surface area (Å²) >= 11 is 0. The van der Waals surface area contributed by atoms with Crippen LogP contribution in [0.15, 0.2) is 6.07 Å². The van der Waals surface area contributed by atoms with E-state index in [0.717, 1.165) is 18.5 Å². The van der Waals surface area contributed by atoms with Gasteiger partial charge < -0.3 is 10.4 Å². The highest BCUT2D eigenvalue weighted by Gasteiger charge is 2.26. The largest absolute Gasteiger partial charge is 0.481 e. The number of carboxylic acid groups (broad SMARTS) is 1. The van der Waals surface area contributed by atoms with E-state index in [1.54, 1.807) is 13.0 Å². The number of carbonyl (C=O) groups excluding carboxylic acids is 1. The average molecular weight is 237 g/mol. The molecule has 1 amide bonds. The van der Waals surface area contributed by atoms with E-state index in [2.05, 4.69) is 15.5 Å². The third-order valence-electron chi connectivity index (χ3n) is 2.71. The Morgan fingerprint density at radius 3 is 2.94 bits per heavy atom. The first kappa shape index (κ1) is 11.6. The van der Waals surface area contributed by atoms with Gasteiger partial charge >= 0.3 is 5.97 Å². The normalized spacial score (nSPS) is 16.5. The molecule has 0 aromatic carbocycles. The van der Waals surface area contributed by atoms with Gasteiger partial charge in [0.25, 0.3) is 5.91 Å². The first-order valence-electron chi connectivity index (χ1n) is 5.64. The van der Waals surface area contributed by atoms with Gasteiger partial charge in [0.05, 0.1) is 6.42 Å². The quantitative estimate of drug-likeness (QED) is 0.708. The second-order valence-electron chi connectivity index (χ2n) is 4.46. The van der Waals surface area contributed by atoms with Crippen molar-refractivity contribution in [3.05, 3.63) is 17.5 Å². The first-order chi connectivity index (χ1) is 8.06. The van der Waals surface area contributed by atoms with Gasteiger partial charge in [-0.2, -0.15) is 5.10 Å². The van der Waals surface area contributed by atoms with Crippen LogP contribution in [-0.4, -0.2) is 33.2 Å². The summed E-state index contributed by atoms with van der Waals surface area (Å²) < 4.78 is 0. The van der Waals surface area contributed by atoms with Crippen LogP contribution in [0.1, 0.15) is 48.3 Å². The Labute approximate surface area is 98.4 Å². The molecule has 0 bridgehead atoms. The molecule has 6 heteroatoms. The van der Waals surface area contributed by atoms with Gasteiger partial charge in [-0.05, 0) is 25.8 Å². The maximum Gasteiger partial charge on any atom is 0.305 e. The Bertz CT molecular complexity index is 437. The summed E-state index contributed by atoms with van der Waals surface area (Å²) in [6.07, 6.45) is 2.18. The first-order valence-corrected chi connectivity index (χ1v) is 5.64. The topological polar surface area (TPSA) is 95.1 Å². The third kappa shape index (κ3) is 3.05. The Kier molecular flexibility index (Phi) is 3.12. The lowest BCUT2D eigenvalue weighted by Crippen LogP contribution is -2.34. The summed E-state index contributed by atoms with van der Waals surface area (Å²) in [5.41, 5.74) is 1.31. The minimum Gasteiger partial charge on any atom is -0.481 e. The molecule has 1 aromatic heterocycles. The molecule has 2 rings (SSSR count). The molecule has 1 aliphatic rings. The number of nitrogens with zero attached hydrogens (tertiary/aromatic N) is 1. The predicted molar refractivity (Wildman–Crippen MR) is 59.7 cm³/mol. The lowest BCUT2D eigenvalue weighted by Gasteiger charge is -2.09. The Hall–Kier alpha value is -1.85. The van der Waals surface area contributed by atoms with Crippen LogP contribution in [0.3, 0.4) is 0 Å². The molecule has 92 valence electrons. The lowest BCUT2D eigenvalue weighted by atomic mass is 10.2. The molecule has 0 spiro atoms. The molecular weight excluding hydrogens is 222 g/mol. The van der Waals surface area contributed by atoms with Crippen molar-refractivity contribution < 1.29 is 14.7 Å². The SMILES string of the molecule is CC(CC(=O)O)NC(=O)c1cc(C2CC2)[nH]n1. The van der Waals surface area contributed by atoms with Crippen molar-refractivity contribution in [1.29, 1.82) is 0 Å². The van der Waals surface area contributed by atoms with Crippen molar-refractivity contribution in [1.82, 2.24) is 15.5 Å². The van der Waals surface area contributed by atoms with Crippen LogP contribution in [0.4, 0.5) is 0 Å². The Balaban J connectivity index is 1.91. The van der Waals surface area contributed by atoms with E-state index in [4.69, 9.17) is 5.11 Å². The average Bonchev–Trinajstić information content (AvgIpc) is 2.95. The van der Waals surface area contributed by atoms with Crippen molar-refractivity contribution in [3.8, 4) is 0 Å². The fourth-order valence-electron chi connectivity index (χ4n) is 1.67. The number of aromatic nitrogens is 2. The number of aromatic amines is 1. The number of hydrogen-bond acceptors (Lipinski definition) is 3. The van der Waals surface area contributed by atoms with Gasteiger partial charge in [-0.1, -0.05) is 0 Å². The molecule has 0 radical (unpaired) electrons. The molecule has 0 aliphatic heterocycles. The van der Waals surface area contributed by atoms with Gasteiger partial charge in [0, 0.05) is 17.7 Å². The highest BCUT2D eigenvalue weighted by molar-refractivity contribution is 5.92. The zero-order valence-corrected chi connectivity index (χ0v) is 9.56. The van der Waals surface area contributed by atoms with Crippen LogP contribution in [-0.2, 0) is 4.79 Å². The number of rotatable bonds is 5. The van der Waals surface area contributed by atoms with E-state index in [0.29, 0.717) is 11.6 Å². The van der Waals surface area contributed by atoms with Gasteiger partial charge in [-0.15, -0.1) is 0 Å². The van der Waals surface area contributed by atoms with E-state index < -0.39 is 12.0 Å². The highest BCUT2D eigenvalue weighted by Crippen LogP contribution is 2.38. The van der Waals surface area contributed by atoms with E-state index in [1.807, 2.05) is 0 Å². The fraction of sp³-hybridized carbons (Fsp3) is 0.545. The van der Waals surface area contributed by atoms with Crippen LogP contribution < -0.4 is 5.32 Å². The van der Waals surface area contributed by atoms with Gasteiger partial charge in [0.1, 0.15) is 5.69 Å². The van der Waals surface area contributed by atoms with Crippen LogP contribution in [0.25, 0.3) is 0 Å². The predicted octanol–water partition coefficient (Wildman–Crippen LogP) is 0.880. The monoisotopic (exact) mass is 237 g/mol. The van der Waals surface area contributed by atoms with E-state index >= 15 is 0 Å². The summed E-state index contributed by atoms with van der Waals surface area (Å²) in [5.74, 6) is -0.749. The number of H-pyrrole nitrogens is 1. The zero-order chi connectivity index (χ0) is 12.4. The van der Waals surface area contributed by atoms with Crippen LogP contribution in [0, 0.1) is 0 Å². The number of hydrogen-bond donors (Lipinski definition) is 3. The van der Waals surface area contributed by atoms with Crippen molar-refractivity contribution in [2.45, 2.75) is 38.1 Å². The van der Waals surface area contributed by atoms with Crippen molar-refractivity contribution in [2.24, 2.45) is 0 Å². The van der Waals surface area contributed by atoms with Gasteiger partial charge in [-0.25, -0.2) is 0 Å². The highest BCUT2D eigenvalue weighted by atomic mass is 16.4. The molecule has 0 saturated heterocycles. The molecule has 3 N–H and O–H groups in total. The zero-order valence-electron chi connectivity index (χ0n) is 9.56. The van der Waals surface area contributed by atoms with Gasteiger partial charge in [0.15, 0.2) is 0 Å². The van der Waals surface area contributed by atoms with Gasteiger partial charge in [-0.3, -0.25) is 14.7 Å². The Morgan fingerprint density at radius 1 is 1.65 bits per heavy atom. The second-order valence-corrected chi connectivity index (χ2v) is 4.46. The van der Waals surface area contributed by atoms with E-state index in [1.165, 1.54) is 0 Å². The van der Waals surface area contributed by atoms with Gasteiger partial charge in [0.2, 0.25) is 0 Å². The number of amides is 1. The molecule has 1 aromatic rings. The minimum atomic E-state index is -0.932. The summed E-state index contributed by atoms with van der Waals surface area (Å²) in [6.45, 7) is 1.65. The summed E-state index contributed by atoms with van der Waals surface area (Å²) in [7, 11) is 0. The van der Waals surface area contributed by atoms with Crippen molar-refractivity contribution in [3.63, 3.8) is 0 Å². The molecule has 17 heavy (non-hydrogen) atoms. The fourth-order valence-corrected chi connectivity index (χ4v) is 1.67. The third-order valence-corrected chi connectivity index (χ3v) is 2.71. The second kappa shape index (κ2) is 4.57. The lowest BCUT2D eigenvalue weighted by molar-refractivity contribution is -0.137. The molecular formula is C11H15N3O3. The van der Waals surface area contributed by atoms with Crippen LogP contribution >= 0.6 is 0 Å². The number of nitrogens with one attached hydrogen (secondary N) is 2. The molecule has 1 fully saturated rings. The molecule has 1 atom stereocenters. The number of aliphatic carboxylic acids is 1. The molecule has 1 aliphatic carbocycles. The van der Waals surface area contributed by atoms with E-state index in [-0.39, 0.29) is 12.3 Å². The molecule has 1 saturated carbocycles. The summed E-state index contributed by atoms with van der Waals surface area (Å²) in [4.78, 5) is 22.2. The van der Waals surface area contributed by atoms with E-state index in [9.17, 15) is 9.59 Å². The molecule has 6 nitrogen and oxygen atoms in total. The molecule has 1 unspecified atom stereocenters. The van der Waals surface area contributed by atoms with Crippen molar-refractivity contribution in [2.75, 3.05) is 0 Å². The standard InChI is InChI=1S/C11H15N3O3/c1-6(4-10(15)16)12-11(17)9-5-8(13-14-9)7-2-3-7/h5-7H,2-4H2,1H3,(H,12,17)(H,13,14)(H,15,16). The maximum absolute atomic E-state index is 11.7. The summed E-state index contributed by atoms with van der Waals surface area (Å²) in [5, 5.41) is 17.9. The molecule has 1 heterocycles. The van der Waals surface area contributed by atoms with Crippen LogP contribution in [0.2, 0.25) is 0 Å². The number of carboxylic acids is 1. The van der Waals surface area contributed by atoms with Crippen molar-refractivity contribution >= 4 is 11.9 Å². The maximum atomic E-state index is 11.7.